The predicted molar refractivity (Wildman–Crippen MR) is 128 cm³/mol. The average Bonchev–Trinajstić information content (AvgIpc) is 2.80. The molecule has 2 N–H and O–H groups in total. The molecular weight excluding hydrogens is 408 g/mol. The number of aryl methyl sites for hydroxylation is 1. The van der Waals surface area contributed by atoms with Crippen LogP contribution in [0.1, 0.15) is 28.4 Å². The first kappa shape index (κ1) is 22.4. The van der Waals surface area contributed by atoms with Crippen molar-refractivity contribution in [3.05, 3.63) is 89.5 Å². The van der Waals surface area contributed by atoms with Gasteiger partial charge in [-0.05, 0) is 66.1 Å². The molecule has 2 amide bonds. The van der Waals surface area contributed by atoms with Crippen LogP contribution in [0.25, 0.3) is 0 Å². The number of carbonyl (C=O) groups excluding carboxylic acids is 2. The van der Waals surface area contributed by atoms with Crippen LogP contribution in [0.2, 0.25) is 0 Å². The van der Waals surface area contributed by atoms with Gasteiger partial charge < -0.3 is 15.4 Å². The van der Waals surface area contributed by atoms with Crippen molar-refractivity contribution in [2.45, 2.75) is 19.1 Å². The van der Waals surface area contributed by atoms with E-state index in [0.29, 0.717) is 22.8 Å². The van der Waals surface area contributed by atoms with E-state index in [1.54, 1.807) is 43.5 Å². The van der Waals surface area contributed by atoms with Crippen molar-refractivity contribution in [1.29, 1.82) is 0 Å². The summed E-state index contributed by atoms with van der Waals surface area (Å²) >= 11 is 1.54. The van der Waals surface area contributed by atoms with Crippen molar-refractivity contribution in [2.75, 3.05) is 23.5 Å². The van der Waals surface area contributed by atoms with E-state index < -0.39 is 0 Å². The number of nitrogens with one attached hydrogen (secondary N) is 2. The highest BCUT2D eigenvalue weighted by molar-refractivity contribution is 7.99. The zero-order valence-electron chi connectivity index (χ0n) is 17.7. The maximum atomic E-state index is 12.4. The summed E-state index contributed by atoms with van der Waals surface area (Å²) in [6.07, 6.45) is 0.978. The molecule has 0 bridgehead atoms. The summed E-state index contributed by atoms with van der Waals surface area (Å²) in [6, 6.07) is 22.5. The van der Waals surface area contributed by atoms with Gasteiger partial charge in [0.25, 0.3) is 5.91 Å². The Balaban J connectivity index is 1.44. The molecule has 3 aromatic rings. The summed E-state index contributed by atoms with van der Waals surface area (Å²) in [5, 5.41) is 5.78. The lowest BCUT2D eigenvalue weighted by Crippen LogP contribution is -2.14. The third-order valence-corrected chi connectivity index (χ3v) is 5.72. The Morgan fingerprint density at radius 3 is 2.00 bits per heavy atom. The van der Waals surface area contributed by atoms with Crippen molar-refractivity contribution in [3.8, 4) is 5.75 Å². The summed E-state index contributed by atoms with van der Waals surface area (Å²) in [4.78, 5) is 24.5. The third-order valence-electron chi connectivity index (χ3n) is 4.71. The summed E-state index contributed by atoms with van der Waals surface area (Å²) < 4.78 is 5.12. The van der Waals surface area contributed by atoms with Gasteiger partial charge in [-0.2, -0.15) is 0 Å². The van der Waals surface area contributed by atoms with Gasteiger partial charge in [-0.1, -0.05) is 31.2 Å². The maximum Gasteiger partial charge on any atom is 0.255 e. The van der Waals surface area contributed by atoms with E-state index in [2.05, 4.69) is 17.6 Å². The lowest BCUT2D eigenvalue weighted by atomic mass is 10.1. The largest absolute Gasteiger partial charge is 0.497 e. The topological polar surface area (TPSA) is 67.4 Å². The number of hydrogen-bond donors (Lipinski definition) is 2. The van der Waals surface area contributed by atoms with Gasteiger partial charge in [0, 0.05) is 22.7 Å². The molecule has 0 atom stereocenters. The molecule has 0 radical (unpaired) electrons. The normalized spacial score (nSPS) is 10.4. The molecule has 0 aliphatic rings. The first-order chi connectivity index (χ1) is 15.1. The Morgan fingerprint density at radius 2 is 1.39 bits per heavy atom. The van der Waals surface area contributed by atoms with Gasteiger partial charge in [0.15, 0.2) is 0 Å². The first-order valence-corrected chi connectivity index (χ1v) is 11.2. The quantitative estimate of drug-likeness (QED) is 0.474. The second-order valence-electron chi connectivity index (χ2n) is 6.97. The second kappa shape index (κ2) is 11.2. The number of carbonyl (C=O) groups is 2. The fraction of sp³-hybridized carbons (Fsp3) is 0.200. The van der Waals surface area contributed by atoms with E-state index in [4.69, 9.17) is 4.74 Å². The van der Waals surface area contributed by atoms with Crippen molar-refractivity contribution in [3.63, 3.8) is 0 Å². The molecule has 0 unspecified atom stereocenters. The molecular formula is C25H26N2O3S. The third kappa shape index (κ3) is 6.89. The highest BCUT2D eigenvalue weighted by atomic mass is 32.2. The summed E-state index contributed by atoms with van der Waals surface area (Å²) in [5.41, 5.74) is 4.41. The average molecular weight is 435 g/mol. The van der Waals surface area contributed by atoms with Crippen LogP contribution in [0.3, 0.4) is 0 Å². The number of ether oxygens (including phenoxy) is 1. The van der Waals surface area contributed by atoms with Gasteiger partial charge >= 0.3 is 0 Å². The minimum atomic E-state index is -0.169. The van der Waals surface area contributed by atoms with Crippen LogP contribution >= 0.6 is 11.8 Å². The van der Waals surface area contributed by atoms with Crippen LogP contribution in [-0.2, 0) is 17.0 Å². The van der Waals surface area contributed by atoms with Gasteiger partial charge in [0.1, 0.15) is 5.75 Å². The Morgan fingerprint density at radius 1 is 0.806 bits per heavy atom. The number of amides is 2. The molecule has 0 fully saturated rings. The number of hydrogen-bond acceptors (Lipinski definition) is 4. The number of methoxy groups -OCH3 is 1. The molecule has 3 rings (SSSR count). The maximum absolute atomic E-state index is 12.4. The molecule has 0 saturated heterocycles. The molecule has 31 heavy (non-hydrogen) atoms. The number of anilines is 2. The van der Waals surface area contributed by atoms with Crippen LogP contribution in [0, 0.1) is 0 Å². The highest BCUT2D eigenvalue weighted by Crippen LogP contribution is 2.18. The molecule has 0 spiro atoms. The van der Waals surface area contributed by atoms with Crippen LogP contribution in [0.15, 0.2) is 72.8 Å². The van der Waals surface area contributed by atoms with E-state index in [0.717, 1.165) is 23.4 Å². The van der Waals surface area contributed by atoms with E-state index in [1.807, 2.05) is 36.4 Å². The zero-order chi connectivity index (χ0) is 22.1. The molecule has 160 valence electrons. The summed E-state index contributed by atoms with van der Waals surface area (Å²) in [6.45, 7) is 2.10. The summed E-state index contributed by atoms with van der Waals surface area (Å²) in [7, 11) is 1.60. The molecule has 3 aromatic carbocycles. The minimum absolute atomic E-state index is 0.0234. The number of rotatable bonds is 9. The highest BCUT2D eigenvalue weighted by Gasteiger charge is 2.07. The Hall–Kier alpha value is -3.25. The van der Waals surface area contributed by atoms with Gasteiger partial charge in [0.05, 0.1) is 12.9 Å². The Labute approximate surface area is 187 Å². The number of benzene rings is 3. The van der Waals surface area contributed by atoms with Gasteiger partial charge in [-0.25, -0.2) is 0 Å². The van der Waals surface area contributed by atoms with Gasteiger partial charge in [-0.15, -0.1) is 11.8 Å². The van der Waals surface area contributed by atoms with Crippen LogP contribution in [-0.4, -0.2) is 24.7 Å². The molecule has 0 heterocycles. The van der Waals surface area contributed by atoms with E-state index in [1.165, 1.54) is 17.3 Å². The second-order valence-corrected chi connectivity index (χ2v) is 7.96. The molecule has 0 aliphatic carbocycles. The predicted octanol–water partition coefficient (Wildman–Crippen LogP) is 5.38. The van der Waals surface area contributed by atoms with Crippen LogP contribution < -0.4 is 15.4 Å². The van der Waals surface area contributed by atoms with Crippen molar-refractivity contribution >= 4 is 35.0 Å². The first-order valence-electron chi connectivity index (χ1n) is 10.1. The SMILES string of the molecule is CCc1ccc(NC(=O)CSCc2ccc(C(=O)Nc3ccc(OC)cc3)cc2)cc1. The van der Waals surface area contributed by atoms with Crippen LogP contribution in [0.5, 0.6) is 5.75 Å². The number of thioether (sulfide) groups is 1. The van der Waals surface area contributed by atoms with Gasteiger partial charge in [-0.3, -0.25) is 9.59 Å². The minimum Gasteiger partial charge on any atom is -0.497 e. The fourth-order valence-electron chi connectivity index (χ4n) is 2.91. The molecule has 0 saturated carbocycles. The van der Waals surface area contributed by atoms with E-state index in [9.17, 15) is 9.59 Å². The molecule has 0 aromatic heterocycles. The molecule has 6 heteroatoms. The fourth-order valence-corrected chi connectivity index (χ4v) is 3.70. The Bertz CT molecular complexity index is 1000. The Kier molecular flexibility index (Phi) is 8.12. The summed E-state index contributed by atoms with van der Waals surface area (Å²) in [5.74, 6) is 1.61. The lowest BCUT2D eigenvalue weighted by Gasteiger charge is -2.08. The van der Waals surface area contributed by atoms with Crippen molar-refractivity contribution in [1.82, 2.24) is 0 Å². The van der Waals surface area contributed by atoms with E-state index in [-0.39, 0.29) is 11.8 Å². The van der Waals surface area contributed by atoms with Crippen molar-refractivity contribution in [2.24, 2.45) is 0 Å². The molecule has 5 nitrogen and oxygen atoms in total. The van der Waals surface area contributed by atoms with Crippen LogP contribution in [0.4, 0.5) is 11.4 Å². The zero-order valence-corrected chi connectivity index (χ0v) is 18.5. The van der Waals surface area contributed by atoms with Crippen molar-refractivity contribution < 1.29 is 14.3 Å². The smallest absolute Gasteiger partial charge is 0.255 e. The standard InChI is InChI=1S/C25H26N2O3S/c1-3-18-6-10-21(11-7-18)26-24(28)17-31-16-19-4-8-20(9-5-19)25(29)27-22-12-14-23(30-2)15-13-22/h4-15H,3,16-17H2,1-2H3,(H,26,28)(H,27,29). The monoisotopic (exact) mass is 434 g/mol. The lowest BCUT2D eigenvalue weighted by molar-refractivity contribution is -0.113. The molecule has 0 aliphatic heterocycles. The van der Waals surface area contributed by atoms with Gasteiger partial charge in [0.2, 0.25) is 5.91 Å². The van der Waals surface area contributed by atoms with E-state index >= 15 is 0 Å².